The Kier molecular flexibility index (Phi) is 3.57. The van der Waals surface area contributed by atoms with Crippen LogP contribution in [0.4, 0.5) is 5.69 Å². The van der Waals surface area contributed by atoms with Gasteiger partial charge < -0.3 is 11.1 Å². The van der Waals surface area contributed by atoms with Crippen molar-refractivity contribution >= 4 is 22.9 Å². The Labute approximate surface area is 109 Å². The number of nitrogens with zero attached hydrogens (tertiary/aromatic N) is 2. The van der Waals surface area contributed by atoms with Crippen molar-refractivity contribution in [2.24, 2.45) is 0 Å². The van der Waals surface area contributed by atoms with E-state index >= 15 is 0 Å². The molecule has 1 amide bonds. The quantitative estimate of drug-likeness (QED) is 0.885. The van der Waals surface area contributed by atoms with E-state index in [2.05, 4.69) is 15.3 Å². The molecule has 0 spiro atoms. The van der Waals surface area contributed by atoms with Gasteiger partial charge in [-0.25, -0.2) is 4.98 Å². The van der Waals surface area contributed by atoms with Crippen molar-refractivity contribution in [2.45, 2.75) is 19.9 Å². The van der Waals surface area contributed by atoms with Crippen LogP contribution in [0.5, 0.6) is 0 Å². The van der Waals surface area contributed by atoms with Crippen LogP contribution < -0.4 is 11.1 Å². The molecule has 0 aliphatic heterocycles. The summed E-state index contributed by atoms with van der Waals surface area (Å²) in [5, 5.41) is 5.59. The van der Waals surface area contributed by atoms with Gasteiger partial charge in [-0.1, -0.05) is 0 Å². The standard InChI is InChI=1S/C12H14N4OS/c1-7-5-10(13)9(6-15-7)11(17)16-8(2)12-14-3-4-18-12/h3-6,8H,1-2H3,(H2,13,15)(H,16,17). The lowest BCUT2D eigenvalue weighted by molar-refractivity contribution is 0.0940. The van der Waals surface area contributed by atoms with Crippen LogP contribution in [-0.4, -0.2) is 15.9 Å². The first-order chi connectivity index (χ1) is 8.58. The van der Waals surface area contributed by atoms with E-state index in [1.54, 1.807) is 12.3 Å². The average molecular weight is 262 g/mol. The molecule has 5 nitrogen and oxygen atoms in total. The number of aromatic nitrogens is 2. The predicted octanol–water partition coefficient (Wildman–Crippen LogP) is 1.92. The molecule has 0 saturated carbocycles. The van der Waals surface area contributed by atoms with Crippen LogP contribution in [0.25, 0.3) is 0 Å². The maximum absolute atomic E-state index is 12.0. The molecule has 0 fully saturated rings. The summed E-state index contributed by atoms with van der Waals surface area (Å²) < 4.78 is 0. The first-order valence-electron chi connectivity index (χ1n) is 5.50. The number of pyridine rings is 1. The van der Waals surface area contributed by atoms with Gasteiger partial charge in [0.05, 0.1) is 11.6 Å². The van der Waals surface area contributed by atoms with Gasteiger partial charge in [0.15, 0.2) is 0 Å². The molecule has 0 aliphatic carbocycles. The third kappa shape index (κ3) is 2.65. The minimum Gasteiger partial charge on any atom is -0.398 e. The summed E-state index contributed by atoms with van der Waals surface area (Å²) in [7, 11) is 0. The van der Waals surface area contributed by atoms with E-state index < -0.39 is 0 Å². The van der Waals surface area contributed by atoms with Gasteiger partial charge in [0.1, 0.15) is 5.01 Å². The molecule has 0 saturated heterocycles. The number of aryl methyl sites for hydroxylation is 1. The van der Waals surface area contributed by atoms with E-state index in [1.807, 2.05) is 19.2 Å². The number of carbonyl (C=O) groups is 1. The normalized spacial score (nSPS) is 12.1. The Morgan fingerprint density at radius 1 is 1.50 bits per heavy atom. The monoisotopic (exact) mass is 262 g/mol. The molecule has 3 N–H and O–H groups in total. The van der Waals surface area contributed by atoms with E-state index in [0.29, 0.717) is 11.3 Å². The number of nitrogens with one attached hydrogen (secondary N) is 1. The van der Waals surface area contributed by atoms with Crippen molar-refractivity contribution < 1.29 is 4.79 Å². The number of hydrogen-bond acceptors (Lipinski definition) is 5. The molecular weight excluding hydrogens is 248 g/mol. The fraction of sp³-hybridized carbons (Fsp3) is 0.250. The average Bonchev–Trinajstić information content (AvgIpc) is 2.81. The van der Waals surface area contributed by atoms with Crippen LogP contribution in [0.1, 0.15) is 34.0 Å². The molecule has 2 rings (SSSR count). The molecule has 0 radical (unpaired) electrons. The van der Waals surface area contributed by atoms with Gasteiger partial charge in [0.25, 0.3) is 5.91 Å². The van der Waals surface area contributed by atoms with Gasteiger partial charge >= 0.3 is 0 Å². The number of thiazole rings is 1. The number of rotatable bonds is 3. The van der Waals surface area contributed by atoms with E-state index in [4.69, 9.17) is 5.73 Å². The summed E-state index contributed by atoms with van der Waals surface area (Å²) >= 11 is 1.50. The van der Waals surface area contributed by atoms with Gasteiger partial charge in [0, 0.05) is 29.2 Å². The van der Waals surface area contributed by atoms with Crippen molar-refractivity contribution in [1.82, 2.24) is 15.3 Å². The lowest BCUT2D eigenvalue weighted by atomic mass is 10.2. The summed E-state index contributed by atoms with van der Waals surface area (Å²) in [4.78, 5) is 20.3. The minimum absolute atomic E-state index is 0.141. The minimum atomic E-state index is -0.234. The SMILES string of the molecule is Cc1cc(N)c(C(=O)NC(C)c2nccs2)cn1. The maximum atomic E-state index is 12.0. The summed E-state index contributed by atoms with van der Waals surface area (Å²) in [5.74, 6) is -0.234. The Hall–Kier alpha value is -1.95. The van der Waals surface area contributed by atoms with Crippen molar-refractivity contribution in [3.63, 3.8) is 0 Å². The molecule has 2 aromatic heterocycles. The van der Waals surface area contributed by atoms with Gasteiger partial charge in [0.2, 0.25) is 0 Å². The summed E-state index contributed by atoms with van der Waals surface area (Å²) in [6.07, 6.45) is 3.21. The molecule has 2 aromatic rings. The molecule has 94 valence electrons. The fourth-order valence-corrected chi connectivity index (χ4v) is 2.20. The van der Waals surface area contributed by atoms with Crippen LogP contribution in [0, 0.1) is 6.92 Å². The van der Waals surface area contributed by atoms with Crippen LogP contribution in [0.2, 0.25) is 0 Å². The predicted molar refractivity (Wildman–Crippen MR) is 71.4 cm³/mol. The van der Waals surface area contributed by atoms with Gasteiger partial charge in [-0.15, -0.1) is 11.3 Å². The zero-order chi connectivity index (χ0) is 13.1. The summed E-state index contributed by atoms with van der Waals surface area (Å²) in [6, 6.07) is 1.54. The van der Waals surface area contributed by atoms with Gasteiger partial charge in [-0.2, -0.15) is 0 Å². The van der Waals surface area contributed by atoms with Crippen molar-refractivity contribution in [3.05, 3.63) is 40.1 Å². The van der Waals surface area contributed by atoms with Crippen molar-refractivity contribution in [1.29, 1.82) is 0 Å². The highest BCUT2D eigenvalue weighted by Crippen LogP contribution is 2.17. The first kappa shape index (κ1) is 12.5. The second-order valence-electron chi connectivity index (χ2n) is 3.98. The molecule has 0 bridgehead atoms. The van der Waals surface area contributed by atoms with E-state index in [0.717, 1.165) is 10.7 Å². The number of anilines is 1. The Morgan fingerprint density at radius 3 is 2.89 bits per heavy atom. The van der Waals surface area contributed by atoms with Gasteiger partial charge in [-0.05, 0) is 19.9 Å². The number of carbonyl (C=O) groups excluding carboxylic acids is 1. The zero-order valence-corrected chi connectivity index (χ0v) is 11.0. The first-order valence-corrected chi connectivity index (χ1v) is 6.38. The Morgan fingerprint density at radius 2 is 2.28 bits per heavy atom. The van der Waals surface area contributed by atoms with Crippen LogP contribution in [0.15, 0.2) is 23.8 Å². The molecule has 6 heteroatoms. The molecule has 18 heavy (non-hydrogen) atoms. The van der Waals surface area contributed by atoms with Crippen LogP contribution in [-0.2, 0) is 0 Å². The number of hydrogen-bond donors (Lipinski definition) is 2. The highest BCUT2D eigenvalue weighted by Gasteiger charge is 2.15. The lowest BCUT2D eigenvalue weighted by Gasteiger charge is -2.12. The second kappa shape index (κ2) is 5.14. The van der Waals surface area contributed by atoms with E-state index in [-0.39, 0.29) is 11.9 Å². The number of amides is 1. The number of nitrogens with two attached hydrogens (primary N) is 1. The summed E-state index contributed by atoms with van der Waals surface area (Å²) in [5.41, 5.74) is 7.42. The van der Waals surface area contributed by atoms with Crippen molar-refractivity contribution in [2.75, 3.05) is 5.73 Å². The third-order valence-electron chi connectivity index (χ3n) is 2.49. The van der Waals surface area contributed by atoms with E-state index in [9.17, 15) is 4.79 Å². The Balaban J connectivity index is 2.12. The fourth-order valence-electron chi connectivity index (χ4n) is 1.56. The molecule has 1 atom stereocenters. The topological polar surface area (TPSA) is 80.9 Å². The summed E-state index contributed by atoms with van der Waals surface area (Å²) in [6.45, 7) is 3.71. The zero-order valence-electron chi connectivity index (χ0n) is 10.2. The van der Waals surface area contributed by atoms with Crippen LogP contribution >= 0.6 is 11.3 Å². The highest BCUT2D eigenvalue weighted by atomic mass is 32.1. The smallest absolute Gasteiger partial charge is 0.255 e. The molecule has 1 unspecified atom stereocenters. The van der Waals surface area contributed by atoms with Crippen LogP contribution in [0.3, 0.4) is 0 Å². The largest absolute Gasteiger partial charge is 0.398 e. The Bertz CT molecular complexity index is 553. The molecule has 0 aromatic carbocycles. The second-order valence-corrected chi connectivity index (χ2v) is 4.90. The van der Waals surface area contributed by atoms with Gasteiger partial charge in [-0.3, -0.25) is 9.78 Å². The number of nitrogen functional groups attached to an aromatic ring is 1. The molecular formula is C12H14N4OS. The lowest BCUT2D eigenvalue weighted by Crippen LogP contribution is -2.27. The third-order valence-corrected chi connectivity index (χ3v) is 3.45. The maximum Gasteiger partial charge on any atom is 0.255 e. The molecule has 2 heterocycles. The van der Waals surface area contributed by atoms with E-state index in [1.165, 1.54) is 17.5 Å². The molecule has 0 aliphatic rings. The highest BCUT2D eigenvalue weighted by molar-refractivity contribution is 7.09. The van der Waals surface area contributed by atoms with Crippen molar-refractivity contribution in [3.8, 4) is 0 Å².